The molecule has 1 spiro atoms. The van der Waals surface area contributed by atoms with Crippen molar-refractivity contribution in [3.05, 3.63) is 45.7 Å². The second kappa shape index (κ2) is 10.3. The van der Waals surface area contributed by atoms with Gasteiger partial charge < -0.3 is 9.30 Å². The van der Waals surface area contributed by atoms with Crippen LogP contribution in [0.2, 0.25) is 0 Å². The summed E-state index contributed by atoms with van der Waals surface area (Å²) in [6, 6.07) is 8.64. The van der Waals surface area contributed by atoms with Crippen LogP contribution in [0.1, 0.15) is 82.3 Å². The number of ether oxygens (including phenoxy) is 1. The van der Waals surface area contributed by atoms with Crippen LogP contribution in [0.3, 0.4) is 0 Å². The summed E-state index contributed by atoms with van der Waals surface area (Å²) in [7, 11) is 0. The Hall–Kier alpha value is -2.08. The number of nitrogens with zero attached hydrogens (tertiary/aromatic N) is 2. The summed E-state index contributed by atoms with van der Waals surface area (Å²) in [6.45, 7) is 3.05. The first kappa shape index (κ1) is 23.7. The Morgan fingerprint density at radius 2 is 1.85 bits per heavy atom. The van der Waals surface area contributed by atoms with E-state index in [1.807, 2.05) is 6.92 Å². The predicted octanol–water partition coefficient (Wildman–Crippen LogP) is 5.90. The second-order valence-electron chi connectivity index (χ2n) is 10.3. The molecule has 2 saturated carbocycles. The van der Waals surface area contributed by atoms with Crippen LogP contribution in [0.5, 0.6) is 0 Å². The standard InChI is InChI=1S/C28H36N2O3S/c1-2-33-23(31)19-34-27-29-26(32)24-25(30(27)18-20-11-5-3-6-12-20)22-14-8-7-13-21(22)17-28(24)15-9-4-10-16-28/h7-8,13-14,20H,2-6,9-12,15-19H2,1H3. The zero-order chi connectivity index (χ0) is 23.5. The highest BCUT2D eigenvalue weighted by molar-refractivity contribution is 7.99. The first-order valence-electron chi connectivity index (χ1n) is 13.1. The first-order chi connectivity index (χ1) is 16.6. The Labute approximate surface area is 206 Å². The lowest BCUT2D eigenvalue weighted by molar-refractivity contribution is -0.139. The predicted molar refractivity (Wildman–Crippen MR) is 136 cm³/mol. The monoisotopic (exact) mass is 480 g/mol. The molecule has 0 saturated heterocycles. The molecule has 5 rings (SSSR count). The minimum absolute atomic E-state index is 0.0855. The molecule has 2 fully saturated rings. The van der Waals surface area contributed by atoms with Crippen molar-refractivity contribution >= 4 is 17.7 Å². The number of fused-ring (bicyclic) bond motifs is 4. The normalized spacial score (nSPS) is 19.4. The van der Waals surface area contributed by atoms with Crippen molar-refractivity contribution in [1.29, 1.82) is 0 Å². The van der Waals surface area contributed by atoms with Crippen LogP contribution in [-0.4, -0.2) is 27.9 Å². The van der Waals surface area contributed by atoms with Gasteiger partial charge in [-0.1, -0.05) is 74.6 Å². The van der Waals surface area contributed by atoms with Gasteiger partial charge in [0, 0.05) is 17.5 Å². The van der Waals surface area contributed by atoms with Crippen LogP contribution >= 0.6 is 11.8 Å². The van der Waals surface area contributed by atoms with Gasteiger partial charge in [-0.05, 0) is 50.5 Å². The average Bonchev–Trinajstić information content (AvgIpc) is 2.85. The topological polar surface area (TPSA) is 61.2 Å². The van der Waals surface area contributed by atoms with Gasteiger partial charge in [0.05, 0.1) is 23.6 Å². The van der Waals surface area contributed by atoms with Gasteiger partial charge in [0.1, 0.15) is 0 Å². The Balaban J connectivity index is 1.67. The maximum Gasteiger partial charge on any atom is 0.316 e. The largest absolute Gasteiger partial charge is 0.465 e. The molecule has 0 bridgehead atoms. The molecule has 1 aromatic heterocycles. The molecule has 6 heteroatoms. The summed E-state index contributed by atoms with van der Waals surface area (Å²) < 4.78 is 7.49. The highest BCUT2D eigenvalue weighted by Crippen LogP contribution is 2.49. The summed E-state index contributed by atoms with van der Waals surface area (Å²) >= 11 is 1.36. The van der Waals surface area contributed by atoms with Crippen molar-refractivity contribution in [1.82, 2.24) is 9.55 Å². The van der Waals surface area contributed by atoms with E-state index in [0.717, 1.165) is 37.1 Å². The third-order valence-electron chi connectivity index (χ3n) is 8.08. The molecule has 5 nitrogen and oxygen atoms in total. The molecule has 2 aromatic rings. The van der Waals surface area contributed by atoms with Gasteiger partial charge in [0.15, 0.2) is 5.16 Å². The van der Waals surface area contributed by atoms with Crippen LogP contribution in [0.25, 0.3) is 11.3 Å². The smallest absolute Gasteiger partial charge is 0.316 e. The maximum absolute atomic E-state index is 13.7. The molecule has 0 unspecified atom stereocenters. The Bertz CT molecular complexity index is 1100. The molecule has 0 N–H and O–H groups in total. The Kier molecular flexibility index (Phi) is 7.14. The summed E-state index contributed by atoms with van der Waals surface area (Å²) in [5.74, 6) is 0.504. The van der Waals surface area contributed by atoms with Crippen molar-refractivity contribution in [2.75, 3.05) is 12.4 Å². The van der Waals surface area contributed by atoms with Crippen molar-refractivity contribution in [2.24, 2.45) is 5.92 Å². The number of carbonyl (C=O) groups is 1. The third kappa shape index (κ3) is 4.58. The minimum atomic E-state index is -0.257. The lowest BCUT2D eigenvalue weighted by Crippen LogP contribution is -2.42. The Morgan fingerprint density at radius 1 is 1.12 bits per heavy atom. The molecular weight excluding hydrogens is 444 g/mol. The van der Waals surface area contributed by atoms with Crippen molar-refractivity contribution in [3.63, 3.8) is 0 Å². The minimum Gasteiger partial charge on any atom is -0.465 e. The number of hydrogen-bond acceptors (Lipinski definition) is 5. The number of benzene rings is 1. The molecule has 34 heavy (non-hydrogen) atoms. The van der Waals surface area contributed by atoms with E-state index >= 15 is 0 Å². The Morgan fingerprint density at radius 3 is 2.62 bits per heavy atom. The van der Waals surface area contributed by atoms with Gasteiger partial charge in [0.25, 0.3) is 5.56 Å². The summed E-state index contributed by atoms with van der Waals surface area (Å²) in [5, 5.41) is 0.671. The fraction of sp³-hybridized carbons (Fsp3) is 0.607. The number of thioether (sulfide) groups is 1. The third-order valence-corrected chi connectivity index (χ3v) is 9.03. The zero-order valence-corrected chi connectivity index (χ0v) is 21.1. The van der Waals surface area contributed by atoms with E-state index in [1.165, 1.54) is 74.3 Å². The van der Waals surface area contributed by atoms with E-state index in [9.17, 15) is 9.59 Å². The van der Waals surface area contributed by atoms with Crippen LogP contribution in [0, 0.1) is 5.92 Å². The van der Waals surface area contributed by atoms with Crippen LogP contribution in [0.4, 0.5) is 0 Å². The highest BCUT2D eigenvalue weighted by atomic mass is 32.2. The lowest BCUT2D eigenvalue weighted by atomic mass is 9.62. The van der Waals surface area contributed by atoms with Gasteiger partial charge in [-0.15, -0.1) is 0 Å². The van der Waals surface area contributed by atoms with E-state index < -0.39 is 0 Å². The lowest BCUT2D eigenvalue weighted by Gasteiger charge is -2.43. The van der Waals surface area contributed by atoms with Crippen molar-refractivity contribution in [3.8, 4) is 11.3 Å². The van der Waals surface area contributed by atoms with Crippen LogP contribution in [0.15, 0.2) is 34.2 Å². The van der Waals surface area contributed by atoms with E-state index in [-0.39, 0.29) is 22.7 Å². The van der Waals surface area contributed by atoms with E-state index in [4.69, 9.17) is 4.74 Å². The van der Waals surface area contributed by atoms with Crippen LogP contribution in [-0.2, 0) is 27.9 Å². The molecule has 3 aliphatic carbocycles. The summed E-state index contributed by atoms with van der Waals surface area (Å²) in [4.78, 5) is 30.6. The number of hydrogen-bond donors (Lipinski definition) is 0. The SMILES string of the molecule is CCOC(=O)CSc1nc(=O)c2c(n1CC1CCCCC1)-c1ccccc1CC21CCCCC1. The average molecular weight is 481 g/mol. The van der Waals surface area contributed by atoms with Crippen molar-refractivity contribution in [2.45, 2.75) is 94.7 Å². The molecule has 182 valence electrons. The molecule has 1 aromatic carbocycles. The van der Waals surface area contributed by atoms with E-state index in [0.29, 0.717) is 17.7 Å². The first-order valence-corrected chi connectivity index (χ1v) is 14.1. The maximum atomic E-state index is 13.7. The van der Waals surface area contributed by atoms with Gasteiger partial charge in [-0.25, -0.2) is 0 Å². The number of esters is 1. The van der Waals surface area contributed by atoms with Crippen LogP contribution < -0.4 is 5.56 Å². The molecule has 0 amide bonds. The second-order valence-corrected chi connectivity index (χ2v) is 11.2. The van der Waals surface area contributed by atoms with Crippen molar-refractivity contribution < 1.29 is 9.53 Å². The fourth-order valence-electron chi connectivity index (χ4n) is 6.54. The number of aromatic nitrogens is 2. The highest BCUT2D eigenvalue weighted by Gasteiger charge is 2.43. The number of rotatable bonds is 6. The molecule has 3 aliphatic rings. The molecule has 0 atom stereocenters. The van der Waals surface area contributed by atoms with Gasteiger partial charge in [-0.2, -0.15) is 4.98 Å². The van der Waals surface area contributed by atoms with Gasteiger partial charge >= 0.3 is 5.97 Å². The summed E-state index contributed by atoms with van der Waals surface area (Å²) in [6.07, 6.45) is 12.9. The molecule has 1 heterocycles. The zero-order valence-electron chi connectivity index (χ0n) is 20.3. The van der Waals surface area contributed by atoms with E-state index in [2.05, 4.69) is 33.8 Å². The molecular formula is C28H36N2O3S. The fourth-order valence-corrected chi connectivity index (χ4v) is 7.34. The van der Waals surface area contributed by atoms with E-state index in [1.54, 1.807) is 0 Å². The molecule has 0 radical (unpaired) electrons. The van der Waals surface area contributed by atoms with Gasteiger partial charge in [-0.3, -0.25) is 9.59 Å². The quantitative estimate of drug-likeness (QED) is 0.292. The molecule has 0 aliphatic heterocycles. The number of carbonyl (C=O) groups excluding carboxylic acids is 1. The summed E-state index contributed by atoms with van der Waals surface area (Å²) in [5.41, 5.74) is 4.37. The van der Waals surface area contributed by atoms with Gasteiger partial charge in [0.2, 0.25) is 0 Å².